The van der Waals surface area contributed by atoms with Crippen molar-refractivity contribution >= 4 is 28.1 Å². The van der Waals surface area contributed by atoms with E-state index in [-0.39, 0.29) is 0 Å². The smallest absolute Gasteiger partial charge is 0.0709 e. The third kappa shape index (κ3) is 2.49. The first kappa shape index (κ1) is 11.3. The van der Waals surface area contributed by atoms with E-state index >= 15 is 0 Å². The number of rotatable bonds is 2. The fraction of sp³-hybridized carbons (Fsp3) is 0.0714. The van der Waals surface area contributed by atoms with Gasteiger partial charge in [0.25, 0.3) is 0 Å². The fourth-order valence-corrected chi connectivity index (χ4v) is 1.80. The molecule has 2 aromatic rings. The third-order valence-corrected chi connectivity index (χ3v) is 2.95. The number of halogens is 1. The molecule has 0 saturated heterocycles. The van der Waals surface area contributed by atoms with Crippen molar-refractivity contribution in [2.24, 2.45) is 0 Å². The fourth-order valence-electron chi connectivity index (χ4n) is 1.54. The van der Waals surface area contributed by atoms with Crippen molar-refractivity contribution in [2.75, 3.05) is 0 Å². The minimum Gasteiger partial charge on any atom is -0.0709 e. The van der Waals surface area contributed by atoms with Crippen LogP contribution >= 0.6 is 23.8 Å². The second-order valence-corrected chi connectivity index (χ2v) is 4.73. The highest BCUT2D eigenvalue weighted by molar-refractivity contribution is 7.83. The first-order valence-electron chi connectivity index (χ1n) is 5.04. The molecule has 0 aromatic heterocycles. The lowest BCUT2D eigenvalue weighted by molar-refractivity contribution is 1.47. The maximum absolute atomic E-state index is 5.75. The summed E-state index contributed by atoms with van der Waals surface area (Å²) in [6, 6.07) is 16.4. The number of benzene rings is 2. The van der Waals surface area contributed by atoms with Crippen molar-refractivity contribution in [2.45, 2.75) is 6.92 Å². The van der Waals surface area contributed by atoms with Gasteiger partial charge in [0.15, 0.2) is 0 Å². The van der Waals surface area contributed by atoms with Gasteiger partial charge in [-0.05, 0) is 18.1 Å². The molecular weight excluding hydrogens is 236 g/mol. The van der Waals surface area contributed by atoms with Crippen LogP contribution in [0.5, 0.6) is 0 Å². The lowest BCUT2D eigenvalue weighted by atomic mass is 10.0. The van der Waals surface area contributed by atoms with Gasteiger partial charge in [0.1, 0.15) is 4.32 Å². The van der Waals surface area contributed by atoms with Crippen LogP contribution in [0.1, 0.15) is 11.1 Å². The van der Waals surface area contributed by atoms with Crippen molar-refractivity contribution in [3.05, 3.63) is 59.7 Å². The molecule has 0 aliphatic rings. The first-order chi connectivity index (χ1) is 7.66. The van der Waals surface area contributed by atoms with E-state index in [9.17, 15) is 0 Å². The molecule has 80 valence electrons. The largest absolute Gasteiger partial charge is 0.111 e. The monoisotopic (exact) mass is 246 g/mol. The number of hydrogen-bond acceptors (Lipinski definition) is 1. The molecule has 0 nitrogen and oxygen atoms in total. The predicted molar refractivity (Wildman–Crippen MR) is 74.2 cm³/mol. The molecule has 0 saturated carbocycles. The molecule has 2 rings (SSSR count). The topological polar surface area (TPSA) is 0 Å². The molecule has 0 N–H and O–H groups in total. The summed E-state index contributed by atoms with van der Waals surface area (Å²) in [7, 11) is 0. The molecule has 0 amide bonds. The van der Waals surface area contributed by atoms with E-state index in [0.29, 0.717) is 4.32 Å². The maximum atomic E-state index is 5.75. The van der Waals surface area contributed by atoms with E-state index in [1.807, 2.05) is 24.3 Å². The van der Waals surface area contributed by atoms with E-state index in [1.165, 1.54) is 16.7 Å². The Kier molecular flexibility index (Phi) is 3.37. The predicted octanol–water partition coefficient (Wildman–Crippen LogP) is 4.58. The van der Waals surface area contributed by atoms with Gasteiger partial charge in [-0.1, -0.05) is 77.9 Å². The van der Waals surface area contributed by atoms with Crippen LogP contribution in [0.2, 0.25) is 0 Å². The Hall–Kier alpha value is -1.18. The minimum atomic E-state index is 0.412. The summed E-state index contributed by atoms with van der Waals surface area (Å²) in [5.74, 6) is 0. The van der Waals surface area contributed by atoms with E-state index < -0.39 is 0 Å². The van der Waals surface area contributed by atoms with Crippen molar-refractivity contribution in [3.8, 4) is 11.1 Å². The van der Waals surface area contributed by atoms with Crippen molar-refractivity contribution in [1.29, 1.82) is 0 Å². The van der Waals surface area contributed by atoms with E-state index in [1.54, 1.807) is 0 Å². The molecule has 2 heteroatoms. The average Bonchev–Trinajstić information content (AvgIpc) is 2.30. The summed E-state index contributed by atoms with van der Waals surface area (Å²) in [6.07, 6.45) is 0. The minimum absolute atomic E-state index is 0.412. The first-order valence-corrected chi connectivity index (χ1v) is 5.82. The van der Waals surface area contributed by atoms with E-state index in [0.717, 1.165) is 5.56 Å². The Bertz CT molecular complexity index is 497. The Morgan fingerprint density at radius 2 is 1.31 bits per heavy atom. The molecule has 0 fully saturated rings. The molecule has 0 unspecified atom stereocenters. The van der Waals surface area contributed by atoms with Crippen LogP contribution in [0.3, 0.4) is 0 Å². The molecular formula is C14H11ClS. The molecule has 0 atom stereocenters. The molecule has 0 aliphatic carbocycles. The molecule has 16 heavy (non-hydrogen) atoms. The second kappa shape index (κ2) is 4.77. The van der Waals surface area contributed by atoms with Gasteiger partial charge in [-0.15, -0.1) is 0 Å². The van der Waals surface area contributed by atoms with Gasteiger partial charge in [-0.3, -0.25) is 0 Å². The normalized spacial score (nSPS) is 10.1. The maximum Gasteiger partial charge on any atom is 0.111 e. The molecule has 0 spiro atoms. The Morgan fingerprint density at radius 3 is 1.75 bits per heavy atom. The zero-order valence-electron chi connectivity index (χ0n) is 8.91. The van der Waals surface area contributed by atoms with Crippen LogP contribution in [-0.2, 0) is 0 Å². The summed E-state index contributed by atoms with van der Waals surface area (Å²) in [5.41, 5.74) is 4.55. The van der Waals surface area contributed by atoms with Crippen LogP contribution in [0, 0.1) is 6.92 Å². The van der Waals surface area contributed by atoms with Gasteiger partial charge in [-0.2, -0.15) is 0 Å². The molecule has 0 aliphatic heterocycles. The SMILES string of the molecule is Cc1ccc(-c2ccc(C(=S)Cl)cc2)cc1. The number of thiocarbonyl (C=S) groups is 1. The van der Waals surface area contributed by atoms with Crippen LogP contribution < -0.4 is 0 Å². The van der Waals surface area contributed by atoms with Gasteiger partial charge < -0.3 is 0 Å². The summed E-state index contributed by atoms with van der Waals surface area (Å²) in [5, 5.41) is 0. The van der Waals surface area contributed by atoms with Gasteiger partial charge in [0.05, 0.1) is 0 Å². The van der Waals surface area contributed by atoms with E-state index in [4.69, 9.17) is 23.8 Å². The number of hydrogen-bond donors (Lipinski definition) is 0. The molecule has 0 radical (unpaired) electrons. The highest BCUT2D eigenvalue weighted by Crippen LogP contribution is 2.20. The average molecular weight is 247 g/mol. The zero-order chi connectivity index (χ0) is 11.5. The van der Waals surface area contributed by atoms with Gasteiger partial charge >= 0.3 is 0 Å². The summed E-state index contributed by atoms with van der Waals surface area (Å²) in [4.78, 5) is 0. The van der Waals surface area contributed by atoms with Crippen LogP contribution in [-0.4, -0.2) is 4.32 Å². The molecule has 2 aromatic carbocycles. The van der Waals surface area contributed by atoms with E-state index in [2.05, 4.69) is 31.2 Å². The van der Waals surface area contributed by atoms with Gasteiger partial charge in [0.2, 0.25) is 0 Å². The van der Waals surface area contributed by atoms with Gasteiger partial charge in [-0.25, -0.2) is 0 Å². The third-order valence-electron chi connectivity index (χ3n) is 2.50. The number of aryl methyl sites for hydroxylation is 1. The molecule has 0 bridgehead atoms. The van der Waals surface area contributed by atoms with Crippen LogP contribution in [0.25, 0.3) is 11.1 Å². The summed E-state index contributed by atoms with van der Waals surface area (Å²) >= 11 is 10.7. The Labute approximate surface area is 106 Å². The zero-order valence-corrected chi connectivity index (χ0v) is 10.5. The van der Waals surface area contributed by atoms with Crippen molar-refractivity contribution in [1.82, 2.24) is 0 Å². The highest BCUT2D eigenvalue weighted by Gasteiger charge is 1.99. The van der Waals surface area contributed by atoms with Crippen molar-refractivity contribution < 1.29 is 0 Å². The quantitative estimate of drug-likeness (QED) is 0.552. The molecule has 0 heterocycles. The van der Waals surface area contributed by atoms with Gasteiger partial charge in [0, 0.05) is 5.56 Å². The second-order valence-electron chi connectivity index (χ2n) is 3.72. The lowest BCUT2D eigenvalue weighted by Crippen LogP contribution is -1.86. The Balaban J connectivity index is 2.34. The highest BCUT2D eigenvalue weighted by atomic mass is 35.5. The summed E-state index contributed by atoms with van der Waals surface area (Å²) in [6.45, 7) is 2.08. The Morgan fingerprint density at radius 1 is 0.875 bits per heavy atom. The summed E-state index contributed by atoms with van der Waals surface area (Å²) < 4.78 is 0.412. The van der Waals surface area contributed by atoms with Crippen molar-refractivity contribution in [3.63, 3.8) is 0 Å². The van der Waals surface area contributed by atoms with Crippen LogP contribution in [0.4, 0.5) is 0 Å². The van der Waals surface area contributed by atoms with Crippen LogP contribution in [0.15, 0.2) is 48.5 Å². The standard InChI is InChI=1S/C14H11ClS/c1-10-2-4-11(5-3-10)12-6-8-13(9-7-12)14(15)16/h2-9H,1H3. The lowest BCUT2D eigenvalue weighted by Gasteiger charge is -2.03.